The number of hydrogen-bond donors (Lipinski definition) is 0. The molecule has 1 aromatic rings. The molecule has 0 saturated carbocycles. The summed E-state index contributed by atoms with van der Waals surface area (Å²) in [5.41, 5.74) is 0.580. The van der Waals surface area contributed by atoms with Gasteiger partial charge < -0.3 is 9.64 Å². The van der Waals surface area contributed by atoms with Crippen molar-refractivity contribution in [3.05, 3.63) is 35.9 Å². The number of hydrogen-bond acceptors (Lipinski definition) is 3. The number of ether oxygens (including phenoxy) is 1. The average molecular weight is 261 g/mol. The Bertz CT molecular complexity index is 432. The van der Waals surface area contributed by atoms with Crippen LogP contribution in [0, 0.1) is 5.92 Å². The van der Waals surface area contributed by atoms with Crippen LogP contribution < -0.4 is 0 Å². The highest BCUT2D eigenvalue weighted by Crippen LogP contribution is 2.38. The van der Waals surface area contributed by atoms with Gasteiger partial charge in [-0.05, 0) is 32.5 Å². The van der Waals surface area contributed by atoms with E-state index in [1.165, 1.54) is 0 Å². The zero-order valence-corrected chi connectivity index (χ0v) is 12.1. The highest BCUT2D eigenvalue weighted by atomic mass is 16.6. The van der Waals surface area contributed by atoms with Gasteiger partial charge in [-0.3, -0.25) is 4.79 Å². The molecule has 1 heterocycles. The van der Waals surface area contributed by atoms with Crippen LogP contribution in [0.4, 0.5) is 0 Å². The van der Waals surface area contributed by atoms with Gasteiger partial charge in [-0.25, -0.2) is 0 Å². The van der Waals surface area contributed by atoms with Crippen molar-refractivity contribution in [1.29, 1.82) is 0 Å². The molecule has 2 atom stereocenters. The molecule has 2 rings (SSSR count). The molecule has 0 N–H and O–H groups in total. The summed E-state index contributed by atoms with van der Waals surface area (Å²) in [6, 6.07) is 10.1. The molecule has 104 valence electrons. The molecule has 0 aromatic heterocycles. The van der Waals surface area contributed by atoms with Gasteiger partial charge in [0.25, 0.3) is 0 Å². The Labute approximate surface area is 115 Å². The normalized spacial score (nSPS) is 23.0. The first-order valence-corrected chi connectivity index (χ1v) is 7.02. The molecule has 1 saturated heterocycles. The van der Waals surface area contributed by atoms with E-state index in [4.69, 9.17) is 4.74 Å². The Kier molecular flexibility index (Phi) is 4.25. The molecule has 1 aliphatic heterocycles. The van der Waals surface area contributed by atoms with Gasteiger partial charge in [0.2, 0.25) is 0 Å². The number of nitrogens with zero attached hydrogens (tertiary/aromatic N) is 1. The molecule has 1 fully saturated rings. The Balaban J connectivity index is 2.30. The van der Waals surface area contributed by atoms with Crippen molar-refractivity contribution in [3.63, 3.8) is 0 Å². The van der Waals surface area contributed by atoms with Crippen molar-refractivity contribution in [2.75, 3.05) is 20.1 Å². The fourth-order valence-corrected chi connectivity index (χ4v) is 2.84. The van der Waals surface area contributed by atoms with Crippen LogP contribution in [0.25, 0.3) is 0 Å². The number of rotatable bonds is 4. The van der Waals surface area contributed by atoms with Crippen molar-refractivity contribution in [2.45, 2.75) is 32.3 Å². The van der Waals surface area contributed by atoms with E-state index >= 15 is 0 Å². The number of benzene rings is 1. The Hall–Kier alpha value is -1.35. The average Bonchev–Trinajstić information content (AvgIpc) is 2.86. The van der Waals surface area contributed by atoms with E-state index in [9.17, 15) is 4.79 Å². The standard InChI is InChI=1S/C16H23NO2/c1-4-15(18)19-16(2,13-8-6-5-7-9-13)14-10-11-17(3)12-14/h5-9,14H,4,10-12H2,1-3H3/t14-,16-/m1/s1. The van der Waals surface area contributed by atoms with Crippen molar-refractivity contribution < 1.29 is 9.53 Å². The summed E-state index contributed by atoms with van der Waals surface area (Å²) in [4.78, 5) is 14.1. The molecular formula is C16H23NO2. The predicted molar refractivity (Wildman–Crippen MR) is 75.8 cm³/mol. The molecule has 3 nitrogen and oxygen atoms in total. The van der Waals surface area contributed by atoms with Gasteiger partial charge in [0.1, 0.15) is 5.60 Å². The van der Waals surface area contributed by atoms with Crippen LogP contribution in [0.1, 0.15) is 32.3 Å². The largest absolute Gasteiger partial charge is 0.454 e. The van der Waals surface area contributed by atoms with Crippen molar-refractivity contribution in [2.24, 2.45) is 5.92 Å². The SMILES string of the molecule is CCC(=O)O[C@](C)(c1ccccc1)[C@@H]1CCN(C)C1. The van der Waals surface area contributed by atoms with Gasteiger partial charge in [0.15, 0.2) is 0 Å². The maximum absolute atomic E-state index is 11.8. The van der Waals surface area contributed by atoms with Crippen LogP contribution in [-0.4, -0.2) is 31.0 Å². The summed E-state index contributed by atoms with van der Waals surface area (Å²) in [5, 5.41) is 0. The minimum absolute atomic E-state index is 0.124. The molecule has 0 aliphatic carbocycles. The number of likely N-dealkylation sites (tertiary alicyclic amines) is 1. The smallest absolute Gasteiger partial charge is 0.306 e. The van der Waals surface area contributed by atoms with Crippen molar-refractivity contribution in [1.82, 2.24) is 4.90 Å². The van der Waals surface area contributed by atoms with Gasteiger partial charge >= 0.3 is 5.97 Å². The van der Waals surface area contributed by atoms with Gasteiger partial charge in [-0.2, -0.15) is 0 Å². The molecule has 1 aliphatic rings. The summed E-state index contributed by atoms with van der Waals surface area (Å²) >= 11 is 0. The zero-order chi connectivity index (χ0) is 13.9. The van der Waals surface area contributed by atoms with Crippen LogP contribution in [0.5, 0.6) is 0 Å². The molecule has 0 radical (unpaired) electrons. The summed E-state index contributed by atoms with van der Waals surface area (Å²) in [6.07, 6.45) is 1.49. The maximum Gasteiger partial charge on any atom is 0.306 e. The van der Waals surface area contributed by atoms with Gasteiger partial charge in [-0.1, -0.05) is 37.3 Å². The lowest BCUT2D eigenvalue weighted by Crippen LogP contribution is -2.38. The fourth-order valence-electron chi connectivity index (χ4n) is 2.84. The first-order chi connectivity index (χ1) is 9.06. The molecule has 0 bridgehead atoms. The highest BCUT2D eigenvalue weighted by Gasteiger charge is 2.42. The van der Waals surface area contributed by atoms with Gasteiger partial charge in [0.05, 0.1) is 0 Å². The summed E-state index contributed by atoms with van der Waals surface area (Å²) in [7, 11) is 2.12. The zero-order valence-electron chi connectivity index (χ0n) is 12.1. The summed E-state index contributed by atoms with van der Waals surface area (Å²) in [6.45, 7) is 5.94. The van der Waals surface area contributed by atoms with Crippen LogP contribution in [0.2, 0.25) is 0 Å². The lowest BCUT2D eigenvalue weighted by molar-refractivity contribution is -0.164. The Morgan fingerprint density at radius 1 is 1.42 bits per heavy atom. The topological polar surface area (TPSA) is 29.5 Å². The van der Waals surface area contributed by atoms with E-state index < -0.39 is 5.60 Å². The van der Waals surface area contributed by atoms with E-state index in [1.807, 2.05) is 25.1 Å². The fraction of sp³-hybridized carbons (Fsp3) is 0.562. The monoisotopic (exact) mass is 261 g/mol. The van der Waals surface area contributed by atoms with E-state index in [2.05, 4.69) is 31.0 Å². The van der Waals surface area contributed by atoms with Crippen LogP contribution in [-0.2, 0) is 15.1 Å². The van der Waals surface area contributed by atoms with Crippen molar-refractivity contribution in [3.8, 4) is 0 Å². The minimum Gasteiger partial charge on any atom is -0.454 e. The lowest BCUT2D eigenvalue weighted by Gasteiger charge is -2.35. The summed E-state index contributed by atoms with van der Waals surface area (Å²) in [5.74, 6) is 0.233. The second kappa shape index (κ2) is 5.74. The van der Waals surface area contributed by atoms with E-state index in [-0.39, 0.29) is 5.97 Å². The number of carbonyl (C=O) groups excluding carboxylic acids is 1. The molecule has 0 amide bonds. The lowest BCUT2D eigenvalue weighted by atomic mass is 9.82. The third-order valence-corrected chi connectivity index (χ3v) is 4.13. The quantitative estimate of drug-likeness (QED) is 0.781. The first-order valence-electron chi connectivity index (χ1n) is 7.02. The van der Waals surface area contributed by atoms with Crippen molar-refractivity contribution >= 4 is 5.97 Å². The molecule has 3 heteroatoms. The van der Waals surface area contributed by atoms with E-state index in [0.29, 0.717) is 12.3 Å². The van der Waals surface area contributed by atoms with Gasteiger partial charge in [-0.15, -0.1) is 0 Å². The van der Waals surface area contributed by atoms with Crippen LogP contribution in [0.3, 0.4) is 0 Å². The second-order valence-electron chi connectivity index (χ2n) is 5.55. The molecule has 0 unspecified atom stereocenters. The van der Waals surface area contributed by atoms with Crippen LogP contribution >= 0.6 is 0 Å². The molecular weight excluding hydrogens is 238 g/mol. The molecule has 19 heavy (non-hydrogen) atoms. The third kappa shape index (κ3) is 2.98. The Morgan fingerprint density at radius 3 is 2.63 bits per heavy atom. The number of esters is 1. The van der Waals surface area contributed by atoms with Gasteiger partial charge in [0, 0.05) is 18.9 Å². The van der Waals surface area contributed by atoms with Crippen LogP contribution in [0.15, 0.2) is 30.3 Å². The van der Waals surface area contributed by atoms with E-state index in [0.717, 1.165) is 25.1 Å². The third-order valence-electron chi connectivity index (χ3n) is 4.13. The maximum atomic E-state index is 11.8. The highest BCUT2D eigenvalue weighted by molar-refractivity contribution is 5.69. The predicted octanol–water partition coefficient (Wildman–Crippen LogP) is 2.81. The Morgan fingerprint density at radius 2 is 2.11 bits per heavy atom. The summed E-state index contributed by atoms with van der Waals surface area (Å²) < 4.78 is 5.84. The number of carbonyl (C=O) groups is 1. The molecule has 1 aromatic carbocycles. The first kappa shape index (κ1) is 14.1. The minimum atomic E-state index is -0.515. The second-order valence-corrected chi connectivity index (χ2v) is 5.55. The van der Waals surface area contributed by atoms with E-state index in [1.54, 1.807) is 0 Å². The molecule has 0 spiro atoms.